The van der Waals surface area contributed by atoms with Gasteiger partial charge in [0.15, 0.2) is 11.5 Å². The predicted octanol–water partition coefficient (Wildman–Crippen LogP) is 5.32. The molecule has 3 aromatic heterocycles. The van der Waals surface area contributed by atoms with Crippen molar-refractivity contribution in [3.63, 3.8) is 0 Å². The molecular weight excluding hydrogens is 336 g/mol. The third-order valence-electron chi connectivity index (χ3n) is 4.64. The largest absolute Gasteiger partial charge is 0.453 e. The molecule has 0 bridgehead atoms. The maximum Gasteiger partial charge on any atom is 0.151 e. The highest BCUT2D eigenvalue weighted by Gasteiger charge is 2.12. The first-order valence-electron chi connectivity index (χ1n) is 8.40. The Bertz CT molecular complexity index is 1300. The van der Waals surface area contributed by atoms with Gasteiger partial charge in [0.05, 0.1) is 34.7 Å². The quantitative estimate of drug-likeness (QED) is 0.452. The van der Waals surface area contributed by atoms with E-state index in [2.05, 4.69) is 22.1 Å². The first kappa shape index (κ1) is 15.1. The molecule has 0 unspecified atom stereocenters. The summed E-state index contributed by atoms with van der Waals surface area (Å²) in [5.74, 6) is 1.44. The number of hydrogen-bond donors (Lipinski definition) is 2. The molecule has 5 aromatic rings. The molecule has 0 spiro atoms. The van der Waals surface area contributed by atoms with Gasteiger partial charge in [-0.15, -0.1) is 0 Å². The summed E-state index contributed by atoms with van der Waals surface area (Å²) in [7, 11) is 0. The van der Waals surface area contributed by atoms with Gasteiger partial charge in [-0.05, 0) is 48.5 Å². The summed E-state index contributed by atoms with van der Waals surface area (Å²) < 4.78 is 6.04. The van der Waals surface area contributed by atoms with E-state index in [1.54, 1.807) is 12.1 Å². The zero-order valence-corrected chi connectivity index (χ0v) is 14.1. The maximum absolute atomic E-state index is 9.04. The van der Waals surface area contributed by atoms with Gasteiger partial charge in [-0.2, -0.15) is 10.5 Å². The average molecular weight is 348 g/mol. The number of H-pyrrole nitrogens is 2. The van der Waals surface area contributed by atoms with Gasteiger partial charge >= 0.3 is 0 Å². The Kier molecular flexibility index (Phi) is 3.16. The van der Waals surface area contributed by atoms with Crippen LogP contribution in [0, 0.1) is 22.7 Å². The Balaban J connectivity index is 1.55. The molecule has 0 atom stereocenters. The van der Waals surface area contributed by atoms with Crippen LogP contribution in [0.4, 0.5) is 0 Å². The second kappa shape index (κ2) is 5.66. The van der Waals surface area contributed by atoms with Crippen molar-refractivity contribution in [1.82, 2.24) is 9.97 Å². The Morgan fingerprint density at radius 1 is 0.630 bits per heavy atom. The van der Waals surface area contributed by atoms with E-state index < -0.39 is 0 Å². The van der Waals surface area contributed by atoms with E-state index in [9.17, 15) is 0 Å². The number of benzene rings is 2. The number of aromatic amines is 2. The number of fused-ring (bicyclic) bond motifs is 2. The molecule has 0 saturated heterocycles. The van der Waals surface area contributed by atoms with Crippen molar-refractivity contribution in [3.8, 4) is 35.0 Å². The fraction of sp³-hybridized carbons (Fsp3) is 0. The molecule has 2 aromatic carbocycles. The fourth-order valence-electron chi connectivity index (χ4n) is 3.29. The van der Waals surface area contributed by atoms with E-state index in [1.165, 1.54) is 0 Å². The summed E-state index contributed by atoms with van der Waals surface area (Å²) in [5.41, 5.74) is 4.74. The topological polar surface area (TPSA) is 92.3 Å². The van der Waals surface area contributed by atoms with Crippen molar-refractivity contribution in [3.05, 3.63) is 71.8 Å². The average Bonchev–Trinajstić information content (AvgIpc) is 3.43. The maximum atomic E-state index is 9.04. The number of nitrogens with zero attached hydrogens (tertiary/aromatic N) is 2. The predicted molar refractivity (Wildman–Crippen MR) is 103 cm³/mol. The lowest BCUT2D eigenvalue weighted by Crippen LogP contribution is -1.75. The summed E-state index contributed by atoms with van der Waals surface area (Å²) in [6.07, 6.45) is 0. The van der Waals surface area contributed by atoms with Crippen LogP contribution in [0.25, 0.3) is 44.7 Å². The Labute approximate surface area is 154 Å². The Morgan fingerprint density at radius 2 is 1.11 bits per heavy atom. The van der Waals surface area contributed by atoms with Crippen molar-refractivity contribution >= 4 is 21.8 Å². The highest BCUT2D eigenvalue weighted by molar-refractivity contribution is 5.88. The second-order valence-electron chi connectivity index (χ2n) is 6.36. The van der Waals surface area contributed by atoms with Gasteiger partial charge in [0, 0.05) is 21.8 Å². The van der Waals surface area contributed by atoms with E-state index in [4.69, 9.17) is 14.9 Å². The zero-order valence-electron chi connectivity index (χ0n) is 14.1. The monoisotopic (exact) mass is 348 g/mol. The van der Waals surface area contributed by atoms with Crippen LogP contribution in [0.5, 0.6) is 0 Å². The van der Waals surface area contributed by atoms with E-state index in [0.717, 1.165) is 44.7 Å². The second-order valence-corrected chi connectivity index (χ2v) is 6.36. The summed E-state index contributed by atoms with van der Waals surface area (Å²) in [6.45, 7) is 0. The van der Waals surface area contributed by atoms with E-state index >= 15 is 0 Å². The van der Waals surface area contributed by atoms with Crippen molar-refractivity contribution in [2.75, 3.05) is 0 Å². The molecule has 126 valence electrons. The molecule has 0 aliphatic carbocycles. The third-order valence-corrected chi connectivity index (χ3v) is 4.64. The lowest BCUT2D eigenvalue weighted by atomic mass is 10.2. The third kappa shape index (κ3) is 2.47. The molecule has 0 aliphatic rings. The van der Waals surface area contributed by atoms with Gasteiger partial charge in [0.25, 0.3) is 0 Å². The number of furan rings is 1. The van der Waals surface area contributed by atoms with Crippen molar-refractivity contribution < 1.29 is 4.42 Å². The molecule has 27 heavy (non-hydrogen) atoms. The molecule has 5 nitrogen and oxygen atoms in total. The van der Waals surface area contributed by atoms with Crippen molar-refractivity contribution in [2.24, 2.45) is 0 Å². The minimum Gasteiger partial charge on any atom is -0.453 e. The van der Waals surface area contributed by atoms with Gasteiger partial charge < -0.3 is 14.4 Å². The molecule has 3 heterocycles. The smallest absolute Gasteiger partial charge is 0.151 e. The van der Waals surface area contributed by atoms with Gasteiger partial charge in [0.2, 0.25) is 0 Å². The Morgan fingerprint density at radius 3 is 1.56 bits per heavy atom. The summed E-state index contributed by atoms with van der Waals surface area (Å²) in [4.78, 5) is 6.60. The lowest BCUT2D eigenvalue weighted by Gasteiger charge is -1.93. The molecule has 0 fully saturated rings. The molecule has 0 amide bonds. The van der Waals surface area contributed by atoms with Crippen LogP contribution in [-0.4, -0.2) is 9.97 Å². The molecule has 0 saturated carbocycles. The van der Waals surface area contributed by atoms with Crippen LogP contribution in [0.3, 0.4) is 0 Å². The number of aromatic nitrogens is 2. The molecule has 0 aliphatic heterocycles. The van der Waals surface area contributed by atoms with Gasteiger partial charge in [-0.3, -0.25) is 0 Å². The first-order valence-corrected chi connectivity index (χ1v) is 8.40. The highest BCUT2D eigenvalue weighted by Crippen LogP contribution is 2.31. The molecule has 0 radical (unpaired) electrons. The van der Waals surface area contributed by atoms with Crippen LogP contribution < -0.4 is 0 Å². The minimum atomic E-state index is 0.617. The molecule has 2 N–H and O–H groups in total. The molecule has 5 heteroatoms. The van der Waals surface area contributed by atoms with E-state index in [-0.39, 0.29) is 0 Å². The normalized spacial score (nSPS) is 10.9. The van der Waals surface area contributed by atoms with E-state index in [0.29, 0.717) is 11.1 Å². The van der Waals surface area contributed by atoms with Crippen molar-refractivity contribution in [1.29, 1.82) is 10.5 Å². The van der Waals surface area contributed by atoms with Crippen LogP contribution in [0.2, 0.25) is 0 Å². The van der Waals surface area contributed by atoms with Crippen molar-refractivity contribution in [2.45, 2.75) is 0 Å². The van der Waals surface area contributed by atoms with Gasteiger partial charge in [-0.1, -0.05) is 12.1 Å². The lowest BCUT2D eigenvalue weighted by molar-refractivity contribution is 0.594. The highest BCUT2D eigenvalue weighted by atomic mass is 16.3. The fourth-order valence-corrected chi connectivity index (χ4v) is 3.29. The van der Waals surface area contributed by atoms with Crippen LogP contribution in [0.15, 0.2) is 65.1 Å². The number of rotatable bonds is 2. The SMILES string of the molecule is N#Cc1ccc2cc(-c3ccc(-c4cc5ccc(C#N)cc5[nH]4)o3)[nH]c2c1. The zero-order chi connectivity index (χ0) is 18.4. The first-order chi connectivity index (χ1) is 13.2. The summed E-state index contributed by atoms with van der Waals surface area (Å²) >= 11 is 0. The van der Waals surface area contributed by atoms with Gasteiger partial charge in [0.1, 0.15) is 0 Å². The van der Waals surface area contributed by atoms with Crippen LogP contribution in [-0.2, 0) is 0 Å². The van der Waals surface area contributed by atoms with Crippen LogP contribution in [0.1, 0.15) is 11.1 Å². The summed E-state index contributed by atoms with van der Waals surface area (Å²) in [5, 5.41) is 20.1. The summed E-state index contributed by atoms with van der Waals surface area (Å²) in [6, 6.07) is 23.2. The minimum absolute atomic E-state index is 0.617. The standard InChI is InChI=1S/C22H12N4O/c23-11-13-1-3-15-9-19(25-17(15)7-13)21-5-6-22(27-21)20-10-16-4-2-14(12-24)8-18(16)26-20/h1-10,25-26H. The van der Waals surface area contributed by atoms with Crippen LogP contribution >= 0.6 is 0 Å². The number of nitrogens with one attached hydrogen (secondary N) is 2. The molecule has 5 rings (SSSR count). The Hall–Kier alpha value is -4.22. The van der Waals surface area contributed by atoms with E-state index in [1.807, 2.05) is 48.5 Å². The number of nitriles is 2. The van der Waals surface area contributed by atoms with Gasteiger partial charge in [-0.25, -0.2) is 0 Å². The molecular formula is C22H12N4O. The number of hydrogen-bond acceptors (Lipinski definition) is 3.